The summed E-state index contributed by atoms with van der Waals surface area (Å²) in [4.78, 5) is 25.5. The fourth-order valence-electron chi connectivity index (χ4n) is 4.84. The molecule has 0 saturated heterocycles. The van der Waals surface area contributed by atoms with Gasteiger partial charge in [0.05, 0.1) is 0 Å². The molecule has 0 spiro atoms. The maximum Gasteiger partial charge on any atom is 0.194 e. The van der Waals surface area contributed by atoms with E-state index in [2.05, 4.69) is 40.7 Å². The molecule has 1 aromatic rings. The van der Waals surface area contributed by atoms with Gasteiger partial charge in [0.2, 0.25) is 0 Å². The molecular weight excluding hydrogens is 404 g/mol. The first-order valence-corrected chi connectivity index (χ1v) is 13.3. The van der Waals surface area contributed by atoms with Crippen LogP contribution in [0.1, 0.15) is 120 Å². The highest BCUT2D eigenvalue weighted by Crippen LogP contribution is 2.28. The minimum atomic E-state index is -0.0294. The molecule has 0 bridgehead atoms. The summed E-state index contributed by atoms with van der Waals surface area (Å²) in [5.74, 6) is 2.82. The van der Waals surface area contributed by atoms with Crippen molar-refractivity contribution in [3.8, 4) is 0 Å². The second-order valence-electron chi connectivity index (χ2n) is 11.0. The Labute approximate surface area is 202 Å². The standard InChI is InChI=1S/C31H46O2/c1-22(2)12-9-13-23(3)14-10-15-24(4)16-11-17-25(5)20-21-27-26(6)30(32)28-18-7-8-19-29(28)31(27)33/h7-8,18-25H,9-17H2,1-6H3. The Kier molecular flexibility index (Phi) is 11.3. The summed E-state index contributed by atoms with van der Waals surface area (Å²) in [6.07, 6.45) is 15.8. The van der Waals surface area contributed by atoms with E-state index >= 15 is 0 Å². The van der Waals surface area contributed by atoms with Crippen molar-refractivity contribution in [1.29, 1.82) is 0 Å². The van der Waals surface area contributed by atoms with Crippen LogP contribution in [0.3, 0.4) is 0 Å². The number of hydrogen-bond donors (Lipinski definition) is 0. The molecule has 3 unspecified atom stereocenters. The Balaban J connectivity index is 1.70. The fraction of sp³-hybridized carbons (Fsp3) is 0.613. The maximum absolute atomic E-state index is 12.9. The number of fused-ring (bicyclic) bond motifs is 1. The third kappa shape index (κ3) is 8.72. The SMILES string of the molecule is CC1=C(C=CC(C)CCCC(C)CCCC(C)CCCC(C)C)C(=O)c2ccccc2C1=O. The molecule has 0 amide bonds. The summed E-state index contributed by atoms with van der Waals surface area (Å²) in [6.45, 7) is 13.4. The summed E-state index contributed by atoms with van der Waals surface area (Å²) in [6, 6.07) is 7.14. The highest BCUT2D eigenvalue weighted by atomic mass is 16.1. The number of Topliss-reactive ketones (excluding diaryl/α,β-unsaturated/α-hetero) is 2. The monoisotopic (exact) mass is 450 g/mol. The Morgan fingerprint density at radius 3 is 1.73 bits per heavy atom. The smallest absolute Gasteiger partial charge is 0.194 e. The lowest BCUT2D eigenvalue weighted by Crippen LogP contribution is -2.19. The molecule has 3 atom stereocenters. The minimum absolute atomic E-state index is 0.0273. The quantitative estimate of drug-likeness (QED) is 0.283. The molecule has 0 N–H and O–H groups in total. The lowest BCUT2D eigenvalue weighted by molar-refractivity contribution is 0.0977. The van der Waals surface area contributed by atoms with Gasteiger partial charge < -0.3 is 0 Å². The molecule has 1 aliphatic carbocycles. The van der Waals surface area contributed by atoms with Crippen LogP contribution in [0.4, 0.5) is 0 Å². The van der Waals surface area contributed by atoms with Crippen LogP contribution >= 0.6 is 0 Å². The molecule has 2 nitrogen and oxygen atoms in total. The number of rotatable bonds is 14. The van der Waals surface area contributed by atoms with Crippen LogP contribution in [0, 0.1) is 23.7 Å². The molecule has 0 heterocycles. The van der Waals surface area contributed by atoms with Crippen LogP contribution in [0.15, 0.2) is 47.6 Å². The second-order valence-corrected chi connectivity index (χ2v) is 11.0. The van der Waals surface area contributed by atoms with Gasteiger partial charge in [0.15, 0.2) is 11.6 Å². The van der Waals surface area contributed by atoms with Crippen LogP contribution in [-0.4, -0.2) is 11.6 Å². The zero-order valence-corrected chi connectivity index (χ0v) is 22.0. The predicted octanol–water partition coefficient (Wildman–Crippen LogP) is 9.01. The van der Waals surface area contributed by atoms with Gasteiger partial charge in [-0.15, -0.1) is 0 Å². The van der Waals surface area contributed by atoms with Gasteiger partial charge in [-0.2, -0.15) is 0 Å². The van der Waals surface area contributed by atoms with Gasteiger partial charge in [-0.3, -0.25) is 9.59 Å². The molecule has 0 aromatic heterocycles. The summed E-state index contributed by atoms with van der Waals surface area (Å²) in [5.41, 5.74) is 2.18. The molecule has 2 heteroatoms. The number of ketones is 2. The van der Waals surface area contributed by atoms with Crippen molar-refractivity contribution < 1.29 is 9.59 Å². The van der Waals surface area contributed by atoms with Crippen molar-refractivity contribution in [3.63, 3.8) is 0 Å². The number of hydrogen-bond acceptors (Lipinski definition) is 2. The second kappa shape index (κ2) is 13.7. The molecule has 1 aliphatic rings. The topological polar surface area (TPSA) is 34.1 Å². The van der Waals surface area contributed by atoms with E-state index in [9.17, 15) is 9.59 Å². The van der Waals surface area contributed by atoms with Gasteiger partial charge in [0.1, 0.15) is 0 Å². The van der Waals surface area contributed by atoms with Gasteiger partial charge >= 0.3 is 0 Å². The molecule has 2 rings (SSSR count). The summed E-state index contributed by atoms with van der Waals surface area (Å²) >= 11 is 0. The molecule has 0 fully saturated rings. The normalized spacial score (nSPS) is 17.1. The average Bonchev–Trinajstić information content (AvgIpc) is 2.77. The number of allylic oxidation sites excluding steroid dienone is 4. The third-order valence-electron chi connectivity index (χ3n) is 7.23. The van der Waals surface area contributed by atoms with Gasteiger partial charge in [-0.25, -0.2) is 0 Å². The van der Waals surface area contributed by atoms with Crippen molar-refractivity contribution in [2.24, 2.45) is 23.7 Å². The van der Waals surface area contributed by atoms with E-state index in [0.29, 0.717) is 28.2 Å². The molecule has 182 valence electrons. The Hall–Kier alpha value is -1.96. The van der Waals surface area contributed by atoms with Crippen molar-refractivity contribution in [3.05, 3.63) is 58.7 Å². The van der Waals surface area contributed by atoms with Crippen molar-refractivity contribution in [1.82, 2.24) is 0 Å². The van der Waals surface area contributed by atoms with E-state index in [1.54, 1.807) is 19.1 Å². The van der Waals surface area contributed by atoms with E-state index in [-0.39, 0.29) is 11.6 Å². The predicted molar refractivity (Wildman–Crippen MR) is 141 cm³/mol. The zero-order chi connectivity index (χ0) is 24.4. The first-order chi connectivity index (χ1) is 15.7. The molecule has 1 aromatic carbocycles. The fourth-order valence-corrected chi connectivity index (χ4v) is 4.84. The highest BCUT2D eigenvalue weighted by Gasteiger charge is 2.28. The summed E-state index contributed by atoms with van der Waals surface area (Å²) in [7, 11) is 0. The van der Waals surface area contributed by atoms with E-state index in [1.165, 1.54) is 51.4 Å². The van der Waals surface area contributed by atoms with Crippen molar-refractivity contribution in [2.45, 2.75) is 99.3 Å². The highest BCUT2D eigenvalue weighted by molar-refractivity contribution is 6.27. The lowest BCUT2D eigenvalue weighted by Gasteiger charge is -2.17. The van der Waals surface area contributed by atoms with Crippen LogP contribution in [0.25, 0.3) is 0 Å². The summed E-state index contributed by atoms with van der Waals surface area (Å²) < 4.78 is 0. The number of carbonyl (C=O) groups is 2. The Morgan fingerprint density at radius 2 is 1.18 bits per heavy atom. The maximum atomic E-state index is 12.9. The van der Waals surface area contributed by atoms with Crippen LogP contribution in [0.2, 0.25) is 0 Å². The lowest BCUT2D eigenvalue weighted by atomic mass is 9.84. The van der Waals surface area contributed by atoms with E-state index < -0.39 is 0 Å². The largest absolute Gasteiger partial charge is 0.289 e. The Morgan fingerprint density at radius 1 is 0.697 bits per heavy atom. The van der Waals surface area contributed by atoms with Gasteiger partial charge in [-0.1, -0.05) is 122 Å². The molecule has 0 radical (unpaired) electrons. The third-order valence-corrected chi connectivity index (χ3v) is 7.23. The first-order valence-electron chi connectivity index (χ1n) is 13.3. The van der Waals surface area contributed by atoms with Gasteiger partial charge in [0, 0.05) is 22.3 Å². The average molecular weight is 451 g/mol. The van der Waals surface area contributed by atoms with Crippen molar-refractivity contribution in [2.75, 3.05) is 0 Å². The van der Waals surface area contributed by atoms with E-state index in [0.717, 1.165) is 24.2 Å². The minimum Gasteiger partial charge on any atom is -0.289 e. The van der Waals surface area contributed by atoms with E-state index in [1.807, 2.05) is 18.2 Å². The number of carbonyl (C=O) groups excluding carboxylic acids is 2. The molecule has 0 aliphatic heterocycles. The molecule has 0 saturated carbocycles. The van der Waals surface area contributed by atoms with Crippen LogP contribution in [0.5, 0.6) is 0 Å². The van der Waals surface area contributed by atoms with Gasteiger partial charge in [0.25, 0.3) is 0 Å². The molecular formula is C31H46O2. The Bertz CT molecular complexity index is 842. The summed E-state index contributed by atoms with van der Waals surface area (Å²) in [5, 5.41) is 0. The zero-order valence-electron chi connectivity index (χ0n) is 22.0. The van der Waals surface area contributed by atoms with Gasteiger partial charge in [-0.05, 0) is 37.0 Å². The first kappa shape index (κ1) is 27.3. The van der Waals surface area contributed by atoms with E-state index in [4.69, 9.17) is 0 Å². The molecule has 33 heavy (non-hydrogen) atoms. The van der Waals surface area contributed by atoms with Crippen LogP contribution in [-0.2, 0) is 0 Å². The number of benzene rings is 1. The van der Waals surface area contributed by atoms with Crippen molar-refractivity contribution >= 4 is 11.6 Å². The van der Waals surface area contributed by atoms with Crippen LogP contribution < -0.4 is 0 Å².